The van der Waals surface area contributed by atoms with E-state index in [0.29, 0.717) is 12.8 Å². The number of carbonyl (C=O) groups is 1. The topological polar surface area (TPSA) is 226 Å². The minimum atomic E-state index is -5.14. The van der Waals surface area contributed by atoms with Gasteiger partial charge in [-0.2, -0.15) is 0 Å². The van der Waals surface area contributed by atoms with Crippen LogP contribution in [0.1, 0.15) is 219 Å². The van der Waals surface area contributed by atoms with Crippen LogP contribution in [0.5, 0.6) is 0 Å². The fourth-order valence-electron chi connectivity index (χ4n) is 8.12. The van der Waals surface area contributed by atoms with Crippen LogP contribution in [0.15, 0.2) is 24.3 Å². The van der Waals surface area contributed by atoms with E-state index < -0.39 is 75.2 Å². The van der Waals surface area contributed by atoms with Gasteiger partial charge < -0.3 is 46.0 Å². The molecule has 8 unspecified atom stereocenters. The second-order valence-corrected chi connectivity index (χ2v) is 19.6. The monoisotopic (exact) mass is 920 g/mol. The zero-order valence-electron chi connectivity index (χ0n) is 39.5. The van der Waals surface area contributed by atoms with E-state index in [-0.39, 0.29) is 6.42 Å². The Morgan fingerprint density at radius 3 is 1.35 bits per heavy atom. The van der Waals surface area contributed by atoms with E-state index in [2.05, 4.69) is 31.3 Å². The van der Waals surface area contributed by atoms with Crippen molar-refractivity contribution >= 4 is 13.7 Å². The van der Waals surface area contributed by atoms with Crippen molar-refractivity contribution in [2.75, 3.05) is 6.61 Å². The molecule has 0 radical (unpaired) electrons. The predicted molar refractivity (Wildman–Crippen MR) is 252 cm³/mol. The standard InChI is InChI=1S/C49H94NO12P/c1-3-5-7-9-11-13-15-17-18-19-20-21-22-23-25-26-28-30-32-34-36-40(51)38-43(53)50-41(42(52)37-35-33-31-29-27-24-16-14-12-10-8-6-4-2)39-61-63(59,60)62-49-47(57)45(55)44(54)46(56)48(49)58/h22-23,35,37,40-42,44-49,51-52,54-58H,3-21,24-34,36,38-39H2,1-2H3,(H,50,53)(H,59,60)/b23-22-,37-35+. The lowest BCUT2D eigenvalue weighted by Gasteiger charge is -2.41. The quantitative estimate of drug-likeness (QED) is 0.0159. The number of phosphoric acid groups is 1. The molecule has 14 heteroatoms. The fraction of sp³-hybridized carbons (Fsp3) is 0.898. The highest BCUT2D eigenvalue weighted by atomic mass is 31.2. The van der Waals surface area contributed by atoms with E-state index >= 15 is 0 Å². The van der Waals surface area contributed by atoms with Gasteiger partial charge in [0.25, 0.3) is 0 Å². The third-order valence-corrected chi connectivity index (χ3v) is 13.3. The van der Waals surface area contributed by atoms with E-state index in [0.717, 1.165) is 64.2 Å². The van der Waals surface area contributed by atoms with Crippen LogP contribution in [0.2, 0.25) is 0 Å². The van der Waals surface area contributed by atoms with Gasteiger partial charge in [0.05, 0.1) is 31.3 Å². The van der Waals surface area contributed by atoms with E-state index in [1.165, 1.54) is 128 Å². The van der Waals surface area contributed by atoms with Crippen molar-refractivity contribution in [3.8, 4) is 0 Å². The molecule has 0 spiro atoms. The van der Waals surface area contributed by atoms with Crippen molar-refractivity contribution in [3.05, 3.63) is 24.3 Å². The molecule has 1 aliphatic carbocycles. The smallest absolute Gasteiger partial charge is 0.393 e. The number of nitrogens with one attached hydrogen (secondary N) is 1. The van der Waals surface area contributed by atoms with Gasteiger partial charge in [0.1, 0.15) is 36.6 Å². The van der Waals surface area contributed by atoms with Crippen LogP contribution < -0.4 is 5.32 Å². The molecule has 1 amide bonds. The van der Waals surface area contributed by atoms with Crippen molar-refractivity contribution in [3.63, 3.8) is 0 Å². The van der Waals surface area contributed by atoms with Crippen LogP contribution in [-0.4, -0.2) is 108 Å². The molecule has 9 N–H and O–H groups in total. The maximum absolute atomic E-state index is 13.0. The molecule has 8 atom stereocenters. The number of unbranched alkanes of at least 4 members (excludes halogenated alkanes) is 27. The lowest BCUT2D eigenvalue weighted by molar-refractivity contribution is -0.220. The fourth-order valence-corrected chi connectivity index (χ4v) is 9.09. The average Bonchev–Trinajstić information content (AvgIpc) is 3.26. The summed E-state index contributed by atoms with van der Waals surface area (Å²) >= 11 is 0. The largest absolute Gasteiger partial charge is 0.472 e. The van der Waals surface area contributed by atoms with Crippen LogP contribution in [0.25, 0.3) is 0 Å². The summed E-state index contributed by atoms with van der Waals surface area (Å²) in [5, 5.41) is 74.5. The molecule has 13 nitrogen and oxygen atoms in total. The molecular formula is C49H94NO12P. The summed E-state index contributed by atoms with van der Waals surface area (Å²) in [6.45, 7) is 3.75. The van der Waals surface area contributed by atoms with Gasteiger partial charge in [0.2, 0.25) is 5.91 Å². The normalized spacial score (nSPS) is 23.0. The molecular weight excluding hydrogens is 826 g/mol. The Labute approximate surface area is 382 Å². The van der Waals surface area contributed by atoms with E-state index in [1.54, 1.807) is 6.08 Å². The Hall–Kier alpha value is -1.22. The Morgan fingerprint density at radius 1 is 0.556 bits per heavy atom. The van der Waals surface area contributed by atoms with Crippen LogP contribution in [-0.2, 0) is 18.4 Å². The third-order valence-electron chi connectivity index (χ3n) is 12.3. The molecule has 372 valence electrons. The van der Waals surface area contributed by atoms with Gasteiger partial charge in [-0.3, -0.25) is 13.8 Å². The number of aliphatic hydroxyl groups is 7. The first-order chi connectivity index (χ1) is 30.3. The Morgan fingerprint density at radius 2 is 0.921 bits per heavy atom. The second kappa shape index (κ2) is 38.8. The minimum Gasteiger partial charge on any atom is -0.393 e. The molecule has 0 aromatic carbocycles. The average molecular weight is 920 g/mol. The van der Waals surface area contributed by atoms with Crippen LogP contribution >= 0.6 is 7.82 Å². The van der Waals surface area contributed by atoms with Crippen LogP contribution in [0.3, 0.4) is 0 Å². The van der Waals surface area contributed by atoms with Crippen LogP contribution in [0, 0.1) is 0 Å². The molecule has 1 saturated carbocycles. The lowest BCUT2D eigenvalue weighted by atomic mass is 9.85. The number of hydrogen-bond acceptors (Lipinski definition) is 11. The second-order valence-electron chi connectivity index (χ2n) is 18.2. The molecule has 63 heavy (non-hydrogen) atoms. The third kappa shape index (κ3) is 30.6. The first-order valence-electron chi connectivity index (χ1n) is 25.4. The Balaban J connectivity index is 2.47. The van der Waals surface area contributed by atoms with Gasteiger partial charge in [0.15, 0.2) is 0 Å². The molecule has 1 aliphatic rings. The van der Waals surface area contributed by atoms with Crippen molar-refractivity contribution < 1.29 is 59.0 Å². The van der Waals surface area contributed by atoms with Gasteiger partial charge in [-0.1, -0.05) is 192 Å². The first kappa shape index (κ1) is 59.8. The van der Waals surface area contributed by atoms with E-state index in [9.17, 15) is 50.0 Å². The molecule has 0 aliphatic heterocycles. The highest BCUT2D eigenvalue weighted by molar-refractivity contribution is 7.47. The zero-order valence-corrected chi connectivity index (χ0v) is 40.4. The zero-order chi connectivity index (χ0) is 46.6. The summed E-state index contributed by atoms with van der Waals surface area (Å²) in [6, 6.07) is -1.24. The minimum absolute atomic E-state index is 0.249. The van der Waals surface area contributed by atoms with Crippen molar-refractivity contribution in [2.24, 2.45) is 0 Å². The number of aliphatic hydroxyl groups excluding tert-OH is 7. The number of rotatable bonds is 42. The highest BCUT2D eigenvalue weighted by Crippen LogP contribution is 2.47. The van der Waals surface area contributed by atoms with E-state index in [1.807, 2.05) is 0 Å². The van der Waals surface area contributed by atoms with Gasteiger partial charge in [-0.05, 0) is 44.9 Å². The number of phosphoric ester groups is 1. The molecule has 0 bridgehead atoms. The number of allylic oxidation sites excluding steroid dienone is 3. The number of carbonyl (C=O) groups excluding carboxylic acids is 1. The summed E-state index contributed by atoms with van der Waals surface area (Å²) in [5.74, 6) is -0.596. The number of hydrogen-bond donors (Lipinski definition) is 9. The summed E-state index contributed by atoms with van der Waals surface area (Å²) in [7, 11) is -5.14. The van der Waals surface area contributed by atoms with Gasteiger partial charge in [-0.15, -0.1) is 0 Å². The van der Waals surface area contributed by atoms with Crippen molar-refractivity contribution in [2.45, 2.75) is 274 Å². The summed E-state index contributed by atoms with van der Waals surface area (Å²) in [6.07, 6.45) is 29.8. The molecule has 1 fully saturated rings. The summed E-state index contributed by atoms with van der Waals surface area (Å²) in [4.78, 5) is 23.5. The Bertz CT molecular complexity index is 1180. The van der Waals surface area contributed by atoms with Crippen molar-refractivity contribution in [1.29, 1.82) is 0 Å². The number of amides is 1. The predicted octanol–water partition coefficient (Wildman–Crippen LogP) is 9.15. The van der Waals surface area contributed by atoms with Gasteiger partial charge in [-0.25, -0.2) is 4.57 Å². The SMILES string of the molecule is CCCCCCCCCCCCC/C=C\CCCCCCCC(O)CC(=O)NC(COP(=O)(O)OC1C(O)C(O)C(O)C(O)C1O)C(O)/C=C/CCCCCCCCCCCCC. The molecule has 1 rings (SSSR count). The molecule has 0 heterocycles. The van der Waals surface area contributed by atoms with E-state index in [4.69, 9.17) is 9.05 Å². The summed E-state index contributed by atoms with van der Waals surface area (Å²) in [5.41, 5.74) is 0. The van der Waals surface area contributed by atoms with Gasteiger partial charge >= 0.3 is 7.82 Å². The molecule has 0 aromatic heterocycles. The summed E-state index contributed by atoms with van der Waals surface area (Å²) < 4.78 is 22.9. The van der Waals surface area contributed by atoms with Crippen molar-refractivity contribution in [1.82, 2.24) is 5.32 Å². The maximum Gasteiger partial charge on any atom is 0.472 e. The molecule has 0 aromatic rings. The van der Waals surface area contributed by atoms with Gasteiger partial charge in [0, 0.05) is 0 Å². The first-order valence-corrected chi connectivity index (χ1v) is 26.9. The maximum atomic E-state index is 13.0. The Kier molecular flexibility index (Phi) is 36.9. The highest BCUT2D eigenvalue weighted by Gasteiger charge is 2.51. The molecule has 0 saturated heterocycles. The van der Waals surface area contributed by atoms with Crippen LogP contribution in [0.4, 0.5) is 0 Å². The lowest BCUT2D eigenvalue weighted by Crippen LogP contribution is -2.64.